The predicted molar refractivity (Wildman–Crippen MR) is 132 cm³/mol. The Morgan fingerprint density at radius 1 is 0.971 bits per heavy atom. The van der Waals surface area contributed by atoms with Crippen LogP contribution in [-0.4, -0.2) is 65.8 Å². The molecule has 0 N–H and O–H groups in total. The summed E-state index contributed by atoms with van der Waals surface area (Å²) in [6.07, 6.45) is 0.881. The van der Waals surface area contributed by atoms with Crippen molar-refractivity contribution in [3.63, 3.8) is 0 Å². The van der Waals surface area contributed by atoms with Crippen LogP contribution in [0.3, 0.4) is 0 Å². The van der Waals surface area contributed by atoms with Crippen molar-refractivity contribution in [2.45, 2.75) is 12.5 Å². The van der Waals surface area contributed by atoms with Gasteiger partial charge in [0.15, 0.2) is 0 Å². The van der Waals surface area contributed by atoms with Crippen LogP contribution < -0.4 is 0 Å². The van der Waals surface area contributed by atoms with Gasteiger partial charge in [-0.15, -0.1) is 11.3 Å². The zero-order valence-electron chi connectivity index (χ0n) is 18.6. The van der Waals surface area contributed by atoms with Crippen LogP contribution in [0.2, 0.25) is 5.02 Å². The number of nitrogens with zero attached hydrogens (tertiary/aromatic N) is 3. The van der Waals surface area contributed by atoms with E-state index in [0.717, 1.165) is 24.1 Å². The molecule has 2 aromatic carbocycles. The van der Waals surface area contributed by atoms with Gasteiger partial charge in [-0.3, -0.25) is 14.5 Å². The van der Waals surface area contributed by atoms with Gasteiger partial charge in [0.2, 0.25) is 5.91 Å². The second-order valence-electron chi connectivity index (χ2n) is 8.63. The number of amides is 2. The zero-order chi connectivity index (χ0) is 23.7. The summed E-state index contributed by atoms with van der Waals surface area (Å²) in [6, 6.07) is 15.6. The Morgan fingerprint density at radius 2 is 1.74 bits per heavy atom. The number of benzene rings is 2. The summed E-state index contributed by atoms with van der Waals surface area (Å²) >= 11 is 7.90. The molecule has 5 nitrogen and oxygen atoms in total. The van der Waals surface area contributed by atoms with E-state index in [9.17, 15) is 14.0 Å². The first-order valence-electron chi connectivity index (χ1n) is 11.4. The molecule has 0 spiro atoms. The molecular formula is C26H25ClFN3O2S. The lowest BCUT2D eigenvalue weighted by atomic mass is 9.93. The maximum Gasteiger partial charge on any atom is 0.255 e. The molecule has 176 valence electrons. The number of piperazine rings is 1. The number of thiophene rings is 1. The fraction of sp³-hybridized carbons (Fsp3) is 0.308. The molecule has 0 radical (unpaired) electrons. The summed E-state index contributed by atoms with van der Waals surface area (Å²) in [5.74, 6) is -0.347. The van der Waals surface area contributed by atoms with E-state index in [-0.39, 0.29) is 30.2 Å². The lowest BCUT2D eigenvalue weighted by molar-refractivity contribution is -0.134. The van der Waals surface area contributed by atoms with Crippen LogP contribution in [-0.2, 0) is 11.2 Å². The summed E-state index contributed by atoms with van der Waals surface area (Å²) in [6.45, 7) is 2.91. The molecule has 5 rings (SSSR count). The lowest BCUT2D eigenvalue weighted by Crippen LogP contribution is -2.53. The van der Waals surface area contributed by atoms with E-state index in [4.69, 9.17) is 11.6 Å². The van der Waals surface area contributed by atoms with Crippen LogP contribution in [0.15, 0.2) is 60.0 Å². The van der Waals surface area contributed by atoms with Crippen LogP contribution >= 0.6 is 22.9 Å². The standard InChI is InChI=1S/C26H25ClFN3O2S/c27-22-7-2-1-6-20(22)26(33)30-13-11-29(12-14-30)24(32)17-31-10-8-23-21(9-15-34-23)25(31)18-4-3-5-19(28)16-18/h1-7,9,15-16,25H,8,10-14,17H2. The molecule has 1 aromatic heterocycles. The van der Waals surface area contributed by atoms with Crippen molar-refractivity contribution in [1.82, 2.24) is 14.7 Å². The number of carbonyl (C=O) groups is 2. The molecule has 8 heteroatoms. The maximum atomic E-state index is 14.0. The molecule has 1 fully saturated rings. The van der Waals surface area contributed by atoms with Gasteiger partial charge in [-0.2, -0.15) is 0 Å². The van der Waals surface area contributed by atoms with Crippen LogP contribution in [0.4, 0.5) is 4.39 Å². The van der Waals surface area contributed by atoms with Gasteiger partial charge in [-0.1, -0.05) is 35.9 Å². The Morgan fingerprint density at radius 3 is 2.50 bits per heavy atom. The third-order valence-electron chi connectivity index (χ3n) is 6.59. The quantitative estimate of drug-likeness (QED) is 0.534. The minimum absolute atomic E-state index is 0.0323. The van der Waals surface area contributed by atoms with Crippen molar-refractivity contribution in [1.29, 1.82) is 0 Å². The summed E-state index contributed by atoms with van der Waals surface area (Å²) in [5.41, 5.74) is 2.51. The highest BCUT2D eigenvalue weighted by Gasteiger charge is 2.33. The molecule has 2 amide bonds. The first kappa shape index (κ1) is 23.0. The van der Waals surface area contributed by atoms with Crippen LogP contribution in [0, 0.1) is 5.82 Å². The van der Waals surface area contributed by atoms with E-state index in [1.807, 2.05) is 11.0 Å². The van der Waals surface area contributed by atoms with E-state index >= 15 is 0 Å². The van der Waals surface area contributed by atoms with Crippen molar-refractivity contribution in [2.24, 2.45) is 0 Å². The first-order chi connectivity index (χ1) is 16.5. The third kappa shape index (κ3) is 4.60. The van der Waals surface area contributed by atoms with E-state index < -0.39 is 0 Å². The molecule has 0 aliphatic carbocycles. The summed E-state index contributed by atoms with van der Waals surface area (Å²) < 4.78 is 14.0. The largest absolute Gasteiger partial charge is 0.338 e. The second kappa shape index (κ2) is 9.86. The van der Waals surface area contributed by atoms with E-state index in [0.29, 0.717) is 36.8 Å². The Balaban J connectivity index is 1.26. The maximum absolute atomic E-state index is 14.0. The minimum Gasteiger partial charge on any atom is -0.338 e. The molecule has 3 aromatic rings. The normalized spacial score (nSPS) is 18.6. The van der Waals surface area contributed by atoms with E-state index in [2.05, 4.69) is 16.3 Å². The molecule has 0 saturated carbocycles. The minimum atomic E-state index is -0.273. The van der Waals surface area contributed by atoms with Crippen LogP contribution in [0.5, 0.6) is 0 Å². The third-order valence-corrected chi connectivity index (χ3v) is 7.92. The summed E-state index contributed by atoms with van der Waals surface area (Å²) in [7, 11) is 0. The number of carbonyl (C=O) groups excluding carboxylic acids is 2. The van der Waals surface area contributed by atoms with Gasteiger partial charge >= 0.3 is 0 Å². The average molecular weight is 498 g/mol. The first-order valence-corrected chi connectivity index (χ1v) is 12.6. The van der Waals surface area contributed by atoms with Gasteiger partial charge in [0, 0.05) is 37.6 Å². The molecule has 2 aliphatic rings. The van der Waals surface area contributed by atoms with E-state index in [1.165, 1.54) is 10.9 Å². The van der Waals surface area contributed by atoms with Gasteiger partial charge in [-0.05, 0) is 53.3 Å². The van der Waals surface area contributed by atoms with Crippen molar-refractivity contribution in [3.05, 3.63) is 92.4 Å². The number of halogens is 2. The lowest BCUT2D eigenvalue weighted by Gasteiger charge is -2.39. The summed E-state index contributed by atoms with van der Waals surface area (Å²) in [4.78, 5) is 33.1. The topological polar surface area (TPSA) is 43.9 Å². The summed E-state index contributed by atoms with van der Waals surface area (Å²) in [5, 5.41) is 2.50. The van der Waals surface area contributed by atoms with Crippen molar-refractivity contribution < 1.29 is 14.0 Å². The Labute approximate surface area is 207 Å². The molecular weight excluding hydrogens is 473 g/mol. The fourth-order valence-corrected chi connectivity index (χ4v) is 5.96. The van der Waals surface area contributed by atoms with Crippen LogP contribution in [0.25, 0.3) is 0 Å². The molecule has 3 heterocycles. The highest BCUT2D eigenvalue weighted by atomic mass is 35.5. The van der Waals surface area contributed by atoms with Gasteiger partial charge < -0.3 is 9.80 Å². The van der Waals surface area contributed by atoms with Crippen molar-refractivity contribution in [2.75, 3.05) is 39.3 Å². The Kier molecular flexibility index (Phi) is 6.68. The molecule has 1 atom stereocenters. The number of rotatable bonds is 4. The van der Waals surface area contributed by atoms with Crippen LogP contribution in [0.1, 0.15) is 32.4 Å². The number of hydrogen-bond donors (Lipinski definition) is 0. The Hall–Kier alpha value is -2.74. The zero-order valence-corrected chi connectivity index (χ0v) is 20.2. The fourth-order valence-electron chi connectivity index (χ4n) is 4.84. The molecule has 1 unspecified atom stereocenters. The predicted octanol–water partition coefficient (Wildman–Crippen LogP) is 4.47. The monoisotopic (exact) mass is 497 g/mol. The van der Waals surface area contributed by atoms with Gasteiger partial charge in [0.1, 0.15) is 5.82 Å². The molecule has 0 bridgehead atoms. The smallest absolute Gasteiger partial charge is 0.255 e. The van der Waals surface area contributed by atoms with Gasteiger partial charge in [0.05, 0.1) is 23.2 Å². The molecule has 34 heavy (non-hydrogen) atoms. The average Bonchev–Trinajstić information content (AvgIpc) is 3.33. The second-order valence-corrected chi connectivity index (χ2v) is 10.0. The van der Waals surface area contributed by atoms with Crippen molar-refractivity contribution >= 4 is 34.8 Å². The highest BCUT2D eigenvalue weighted by molar-refractivity contribution is 7.10. The SMILES string of the molecule is O=C(CN1CCc2sccc2C1c1cccc(F)c1)N1CCN(C(=O)c2ccccc2Cl)CC1. The Bertz CT molecular complexity index is 1210. The van der Waals surface area contributed by atoms with Crippen molar-refractivity contribution in [3.8, 4) is 0 Å². The van der Waals surface area contributed by atoms with Gasteiger partial charge in [0.25, 0.3) is 5.91 Å². The number of fused-ring (bicyclic) bond motifs is 1. The highest BCUT2D eigenvalue weighted by Crippen LogP contribution is 2.37. The molecule has 1 saturated heterocycles. The van der Waals surface area contributed by atoms with Gasteiger partial charge in [-0.25, -0.2) is 4.39 Å². The number of hydrogen-bond acceptors (Lipinski definition) is 4. The van der Waals surface area contributed by atoms with E-state index in [1.54, 1.807) is 52.6 Å². The molecule has 2 aliphatic heterocycles.